The second-order valence-corrected chi connectivity index (χ2v) is 6.15. The first kappa shape index (κ1) is 18.5. The number of benzene rings is 1. The number of anilines is 1. The Kier molecular flexibility index (Phi) is 5.46. The molecule has 0 atom stereocenters. The largest absolute Gasteiger partial charge is 0.451 e. The van der Waals surface area contributed by atoms with Gasteiger partial charge in [-0.05, 0) is 19.1 Å². The van der Waals surface area contributed by atoms with Gasteiger partial charge in [-0.3, -0.25) is 14.5 Å². The number of nitrogens with one attached hydrogen (secondary N) is 1. The number of hydrogen-bond donors (Lipinski definition) is 1. The minimum absolute atomic E-state index is 0.0407. The zero-order chi connectivity index (χ0) is 19.4. The molecule has 0 saturated carbocycles. The summed E-state index contributed by atoms with van der Waals surface area (Å²) < 4.78 is 6.47. The predicted molar refractivity (Wildman–Crippen MR) is 99.3 cm³/mol. The van der Waals surface area contributed by atoms with E-state index in [2.05, 4.69) is 20.4 Å². The van der Waals surface area contributed by atoms with Gasteiger partial charge in [-0.2, -0.15) is 5.10 Å². The van der Waals surface area contributed by atoms with Crippen molar-refractivity contribution in [2.45, 2.75) is 6.92 Å². The molecule has 3 aromatic rings. The highest BCUT2D eigenvalue weighted by Crippen LogP contribution is 2.23. The van der Waals surface area contributed by atoms with E-state index in [-0.39, 0.29) is 5.69 Å². The lowest BCUT2D eigenvalue weighted by molar-refractivity contribution is -0.119. The number of esters is 1. The summed E-state index contributed by atoms with van der Waals surface area (Å²) in [5.41, 5.74) is 2.26. The highest BCUT2D eigenvalue weighted by Gasteiger charge is 2.14. The quantitative estimate of drug-likeness (QED) is 0.678. The second-order valence-electron chi connectivity index (χ2n) is 5.71. The molecule has 138 valence electrons. The van der Waals surface area contributed by atoms with Crippen molar-refractivity contribution in [3.63, 3.8) is 0 Å². The van der Waals surface area contributed by atoms with E-state index >= 15 is 0 Å². The molecule has 3 rings (SSSR count). The number of carbonyl (C=O) groups is 2. The van der Waals surface area contributed by atoms with Crippen LogP contribution in [0.15, 0.2) is 42.7 Å². The third kappa shape index (κ3) is 4.68. The summed E-state index contributed by atoms with van der Waals surface area (Å²) >= 11 is 5.88. The summed E-state index contributed by atoms with van der Waals surface area (Å²) in [7, 11) is 1.70. The summed E-state index contributed by atoms with van der Waals surface area (Å²) in [4.78, 5) is 31.8. The van der Waals surface area contributed by atoms with E-state index in [0.717, 1.165) is 5.56 Å². The van der Waals surface area contributed by atoms with Crippen LogP contribution in [-0.2, 0) is 16.6 Å². The molecule has 0 saturated heterocycles. The van der Waals surface area contributed by atoms with E-state index in [9.17, 15) is 9.59 Å². The van der Waals surface area contributed by atoms with E-state index in [1.807, 2.05) is 12.1 Å². The highest BCUT2D eigenvalue weighted by atomic mass is 35.5. The van der Waals surface area contributed by atoms with Crippen molar-refractivity contribution in [2.24, 2.45) is 7.05 Å². The van der Waals surface area contributed by atoms with Crippen molar-refractivity contribution in [1.82, 2.24) is 19.7 Å². The van der Waals surface area contributed by atoms with Crippen molar-refractivity contribution in [2.75, 3.05) is 11.9 Å². The van der Waals surface area contributed by atoms with Gasteiger partial charge in [0, 0.05) is 29.9 Å². The molecular weight excluding hydrogens is 370 g/mol. The number of nitrogens with zero attached hydrogens (tertiary/aromatic N) is 4. The maximum absolute atomic E-state index is 12.1. The Morgan fingerprint density at radius 1 is 1.19 bits per heavy atom. The number of hydrogen-bond acceptors (Lipinski definition) is 6. The van der Waals surface area contributed by atoms with Crippen molar-refractivity contribution in [3.05, 3.63) is 59.1 Å². The smallest absolute Gasteiger partial charge is 0.359 e. The number of ether oxygens (including phenoxy) is 1. The van der Waals surface area contributed by atoms with Gasteiger partial charge in [0.15, 0.2) is 12.3 Å². The van der Waals surface area contributed by atoms with Crippen LogP contribution in [0.3, 0.4) is 0 Å². The molecule has 27 heavy (non-hydrogen) atoms. The van der Waals surface area contributed by atoms with Gasteiger partial charge in [-0.25, -0.2) is 9.78 Å². The maximum atomic E-state index is 12.1. The Morgan fingerprint density at radius 2 is 1.93 bits per heavy atom. The van der Waals surface area contributed by atoms with Crippen LogP contribution in [0.25, 0.3) is 11.3 Å². The normalized spacial score (nSPS) is 10.5. The fourth-order valence-electron chi connectivity index (χ4n) is 2.23. The molecule has 1 N–H and O–H groups in total. The van der Waals surface area contributed by atoms with Gasteiger partial charge in [0.1, 0.15) is 5.82 Å². The lowest BCUT2D eigenvalue weighted by atomic mass is 10.1. The SMILES string of the molecule is Cc1cnc(C(=O)OCC(=O)Nc2cc(-c3ccc(Cl)cc3)nn2C)cn1. The van der Waals surface area contributed by atoms with Crippen LogP contribution >= 0.6 is 11.6 Å². The van der Waals surface area contributed by atoms with Gasteiger partial charge >= 0.3 is 5.97 Å². The molecule has 0 aliphatic carbocycles. The summed E-state index contributed by atoms with van der Waals surface area (Å²) in [6.45, 7) is 1.30. The third-order valence-corrected chi connectivity index (χ3v) is 3.86. The van der Waals surface area contributed by atoms with E-state index in [1.165, 1.54) is 17.1 Å². The summed E-state index contributed by atoms with van der Waals surface area (Å²) in [6.07, 6.45) is 2.75. The lowest BCUT2D eigenvalue weighted by Crippen LogP contribution is -2.22. The number of aryl methyl sites for hydroxylation is 2. The lowest BCUT2D eigenvalue weighted by Gasteiger charge is -2.06. The van der Waals surface area contributed by atoms with Crippen LogP contribution in [0.4, 0.5) is 5.82 Å². The van der Waals surface area contributed by atoms with Gasteiger partial charge in [0.05, 0.1) is 17.6 Å². The van der Waals surface area contributed by atoms with Gasteiger partial charge in [-0.1, -0.05) is 23.7 Å². The first-order valence-electron chi connectivity index (χ1n) is 7.98. The number of amides is 1. The van der Waals surface area contributed by atoms with Crippen molar-refractivity contribution in [1.29, 1.82) is 0 Å². The Morgan fingerprint density at radius 3 is 2.59 bits per heavy atom. The minimum Gasteiger partial charge on any atom is -0.451 e. The zero-order valence-electron chi connectivity index (χ0n) is 14.6. The molecule has 0 bridgehead atoms. The van der Waals surface area contributed by atoms with Crippen LogP contribution < -0.4 is 5.32 Å². The van der Waals surface area contributed by atoms with Crippen molar-refractivity contribution < 1.29 is 14.3 Å². The van der Waals surface area contributed by atoms with Crippen LogP contribution in [0, 0.1) is 6.92 Å². The van der Waals surface area contributed by atoms with Crippen LogP contribution in [0.1, 0.15) is 16.2 Å². The molecule has 0 aliphatic heterocycles. The molecule has 2 heterocycles. The maximum Gasteiger partial charge on any atom is 0.359 e. The zero-order valence-corrected chi connectivity index (χ0v) is 15.4. The highest BCUT2D eigenvalue weighted by molar-refractivity contribution is 6.30. The predicted octanol–water partition coefficient (Wildman–Crippen LogP) is 2.63. The molecule has 0 fully saturated rings. The summed E-state index contributed by atoms with van der Waals surface area (Å²) in [5, 5.41) is 7.63. The van der Waals surface area contributed by atoms with Crippen LogP contribution in [0.5, 0.6) is 0 Å². The average molecular weight is 386 g/mol. The van der Waals surface area contributed by atoms with E-state index in [4.69, 9.17) is 16.3 Å². The third-order valence-electron chi connectivity index (χ3n) is 3.61. The molecular formula is C18H16ClN5O3. The van der Waals surface area contributed by atoms with Crippen molar-refractivity contribution >= 4 is 29.3 Å². The second kappa shape index (κ2) is 7.96. The minimum atomic E-state index is -0.718. The fraction of sp³-hybridized carbons (Fsp3) is 0.167. The molecule has 2 aromatic heterocycles. The Bertz CT molecular complexity index is 968. The number of halogens is 1. The summed E-state index contributed by atoms with van der Waals surface area (Å²) in [5.74, 6) is -0.741. The Balaban J connectivity index is 1.60. The number of carbonyl (C=O) groups excluding carboxylic acids is 2. The molecule has 0 radical (unpaired) electrons. The van der Waals surface area contributed by atoms with Gasteiger partial charge < -0.3 is 10.1 Å². The topological polar surface area (TPSA) is 99.0 Å². The van der Waals surface area contributed by atoms with E-state index in [1.54, 1.807) is 32.2 Å². The van der Waals surface area contributed by atoms with Gasteiger partial charge in [0.25, 0.3) is 5.91 Å². The first-order valence-corrected chi connectivity index (χ1v) is 8.36. The molecule has 8 nitrogen and oxygen atoms in total. The molecule has 1 aromatic carbocycles. The first-order chi connectivity index (χ1) is 12.9. The van der Waals surface area contributed by atoms with E-state index in [0.29, 0.717) is 22.2 Å². The monoisotopic (exact) mass is 385 g/mol. The molecule has 1 amide bonds. The molecule has 0 unspecified atom stereocenters. The summed E-state index contributed by atoms with van der Waals surface area (Å²) in [6, 6.07) is 8.91. The molecule has 0 aliphatic rings. The number of rotatable bonds is 5. The van der Waals surface area contributed by atoms with Crippen LogP contribution in [0.2, 0.25) is 5.02 Å². The van der Waals surface area contributed by atoms with Gasteiger partial charge in [-0.15, -0.1) is 0 Å². The van der Waals surface area contributed by atoms with Crippen LogP contribution in [-0.4, -0.2) is 38.2 Å². The van der Waals surface area contributed by atoms with Crippen molar-refractivity contribution in [3.8, 4) is 11.3 Å². The Hall–Kier alpha value is -3.26. The number of aromatic nitrogens is 4. The van der Waals surface area contributed by atoms with Gasteiger partial charge in [0.2, 0.25) is 0 Å². The average Bonchev–Trinajstić information content (AvgIpc) is 3.01. The molecule has 9 heteroatoms. The standard InChI is InChI=1S/C18H16ClN5O3/c1-11-8-21-15(9-20-11)18(26)27-10-17(25)22-16-7-14(23-24(16)2)12-3-5-13(19)6-4-12/h3-9H,10H2,1-2H3,(H,22,25). The molecule has 0 spiro atoms. The van der Waals surface area contributed by atoms with E-state index < -0.39 is 18.5 Å². The fourth-order valence-corrected chi connectivity index (χ4v) is 2.35. The Labute approximate surface area is 160 Å².